The number of aromatic nitrogens is 2. The van der Waals surface area contributed by atoms with Crippen LogP contribution in [0.3, 0.4) is 0 Å². The van der Waals surface area contributed by atoms with Gasteiger partial charge >= 0.3 is 0 Å². The van der Waals surface area contributed by atoms with E-state index in [4.69, 9.17) is 0 Å². The number of imide groups is 1. The lowest BCUT2D eigenvalue weighted by Crippen LogP contribution is -2.48. The van der Waals surface area contributed by atoms with Gasteiger partial charge in [-0.1, -0.05) is 30.3 Å². The van der Waals surface area contributed by atoms with Crippen molar-refractivity contribution in [1.29, 1.82) is 0 Å². The number of carbonyl (C=O) groups is 2. The van der Waals surface area contributed by atoms with Gasteiger partial charge in [0.15, 0.2) is 0 Å². The Labute approximate surface area is 184 Å². The van der Waals surface area contributed by atoms with Gasteiger partial charge in [0.25, 0.3) is 11.8 Å². The first-order valence-electron chi connectivity index (χ1n) is 10.3. The summed E-state index contributed by atoms with van der Waals surface area (Å²) < 4.78 is 13.4. The van der Waals surface area contributed by atoms with E-state index in [2.05, 4.69) is 14.9 Å². The molecule has 0 radical (unpaired) electrons. The SMILES string of the molecule is O=C1C(c2ccccc2)=C(N2CCN(c3ncccn3)CC2)C(=O)N1c1ccc(F)cc1. The summed E-state index contributed by atoms with van der Waals surface area (Å²) in [6.45, 7) is 2.32. The molecule has 0 unspecified atom stereocenters. The lowest BCUT2D eigenvalue weighted by atomic mass is 10.0. The topological polar surface area (TPSA) is 69.6 Å². The molecule has 2 aromatic carbocycles. The fourth-order valence-corrected chi connectivity index (χ4v) is 4.09. The van der Waals surface area contributed by atoms with Crippen molar-refractivity contribution in [3.05, 3.63) is 90.1 Å². The fourth-order valence-electron chi connectivity index (χ4n) is 4.09. The van der Waals surface area contributed by atoms with Crippen LogP contribution in [0.15, 0.2) is 78.8 Å². The van der Waals surface area contributed by atoms with E-state index < -0.39 is 17.6 Å². The van der Waals surface area contributed by atoms with E-state index in [9.17, 15) is 14.0 Å². The van der Waals surface area contributed by atoms with Crippen molar-refractivity contribution in [3.63, 3.8) is 0 Å². The highest BCUT2D eigenvalue weighted by atomic mass is 19.1. The molecule has 5 rings (SSSR count). The van der Waals surface area contributed by atoms with Crippen molar-refractivity contribution < 1.29 is 14.0 Å². The molecule has 160 valence electrons. The van der Waals surface area contributed by atoms with E-state index in [-0.39, 0.29) is 0 Å². The number of amides is 2. The van der Waals surface area contributed by atoms with Crippen LogP contribution in [0, 0.1) is 5.82 Å². The van der Waals surface area contributed by atoms with Gasteiger partial charge in [-0.2, -0.15) is 0 Å². The number of nitrogens with zero attached hydrogens (tertiary/aromatic N) is 5. The van der Waals surface area contributed by atoms with Crippen LogP contribution in [0.4, 0.5) is 16.0 Å². The molecule has 0 saturated carbocycles. The number of benzene rings is 2. The number of anilines is 2. The van der Waals surface area contributed by atoms with Crippen molar-refractivity contribution in [2.75, 3.05) is 36.0 Å². The average molecular weight is 429 g/mol. The molecule has 1 aromatic heterocycles. The summed E-state index contributed by atoms with van der Waals surface area (Å²) in [5.74, 6) is -0.587. The molecule has 8 heteroatoms. The minimum absolute atomic E-state index is 0.348. The molecule has 2 aliphatic heterocycles. The van der Waals surface area contributed by atoms with Crippen LogP contribution in [-0.4, -0.2) is 52.9 Å². The van der Waals surface area contributed by atoms with E-state index in [1.807, 2.05) is 35.2 Å². The Morgan fingerprint density at radius 1 is 0.719 bits per heavy atom. The quantitative estimate of drug-likeness (QED) is 0.594. The molecule has 7 nitrogen and oxygen atoms in total. The second kappa shape index (κ2) is 8.22. The zero-order valence-corrected chi connectivity index (χ0v) is 17.2. The summed E-state index contributed by atoms with van der Waals surface area (Å²) >= 11 is 0. The highest BCUT2D eigenvalue weighted by Gasteiger charge is 2.43. The predicted molar refractivity (Wildman–Crippen MR) is 118 cm³/mol. The molecular formula is C24H20FN5O2. The third-order valence-electron chi connectivity index (χ3n) is 5.64. The van der Waals surface area contributed by atoms with Crippen molar-refractivity contribution in [3.8, 4) is 0 Å². The standard InChI is InChI=1S/C24H20FN5O2/c25-18-7-9-19(10-8-18)30-22(31)20(17-5-2-1-3-6-17)21(23(30)32)28-13-15-29(16-14-28)24-26-11-4-12-27-24/h1-12H,13-16H2. The van der Waals surface area contributed by atoms with Crippen molar-refractivity contribution in [1.82, 2.24) is 14.9 Å². The van der Waals surface area contributed by atoms with Crippen molar-refractivity contribution in [2.45, 2.75) is 0 Å². The zero-order valence-electron chi connectivity index (χ0n) is 17.2. The van der Waals surface area contributed by atoms with Gasteiger partial charge < -0.3 is 9.80 Å². The molecule has 0 N–H and O–H groups in total. The summed E-state index contributed by atoms with van der Waals surface area (Å²) in [6.07, 6.45) is 3.40. The van der Waals surface area contributed by atoms with E-state index >= 15 is 0 Å². The van der Waals surface area contributed by atoms with Crippen LogP contribution in [0.25, 0.3) is 5.57 Å². The first-order chi connectivity index (χ1) is 15.6. The number of hydrogen-bond acceptors (Lipinski definition) is 6. The third kappa shape index (κ3) is 3.49. The molecule has 0 spiro atoms. The van der Waals surface area contributed by atoms with Crippen LogP contribution < -0.4 is 9.80 Å². The highest BCUT2D eigenvalue weighted by molar-refractivity contribution is 6.45. The minimum atomic E-state index is -0.427. The van der Waals surface area contributed by atoms with Gasteiger partial charge in [0, 0.05) is 38.6 Å². The predicted octanol–water partition coefficient (Wildman–Crippen LogP) is 2.72. The van der Waals surface area contributed by atoms with Crippen molar-refractivity contribution >= 4 is 29.0 Å². The molecule has 0 atom stereocenters. The van der Waals surface area contributed by atoms with Crippen LogP contribution in [-0.2, 0) is 9.59 Å². The Morgan fingerprint density at radius 3 is 2.00 bits per heavy atom. The second-order valence-electron chi connectivity index (χ2n) is 7.53. The summed E-state index contributed by atoms with van der Waals surface area (Å²) in [5.41, 5.74) is 1.77. The zero-order chi connectivity index (χ0) is 22.1. The first kappa shape index (κ1) is 19.9. The van der Waals surface area contributed by atoms with E-state index in [1.165, 1.54) is 24.3 Å². The molecule has 0 aliphatic carbocycles. The molecule has 0 bridgehead atoms. The van der Waals surface area contributed by atoms with Crippen LogP contribution in [0.2, 0.25) is 0 Å². The van der Waals surface area contributed by atoms with Crippen LogP contribution in [0.5, 0.6) is 0 Å². The Hall–Kier alpha value is -4.07. The molecule has 3 heterocycles. The number of hydrogen-bond donors (Lipinski definition) is 0. The summed E-state index contributed by atoms with van der Waals surface area (Å²) in [7, 11) is 0. The summed E-state index contributed by atoms with van der Waals surface area (Å²) in [6, 6.07) is 16.3. The summed E-state index contributed by atoms with van der Waals surface area (Å²) in [5, 5.41) is 0. The van der Waals surface area contributed by atoms with Crippen LogP contribution in [0.1, 0.15) is 5.56 Å². The highest BCUT2D eigenvalue weighted by Crippen LogP contribution is 2.35. The maximum absolute atomic E-state index is 13.5. The normalized spacial score (nSPS) is 16.8. The van der Waals surface area contributed by atoms with E-state index in [1.54, 1.807) is 18.5 Å². The second-order valence-corrected chi connectivity index (χ2v) is 7.53. The average Bonchev–Trinajstić information content (AvgIpc) is 3.11. The van der Waals surface area contributed by atoms with Gasteiger partial charge in [0.2, 0.25) is 5.95 Å². The van der Waals surface area contributed by atoms with Crippen molar-refractivity contribution in [2.24, 2.45) is 0 Å². The maximum Gasteiger partial charge on any atom is 0.282 e. The molecule has 32 heavy (non-hydrogen) atoms. The largest absolute Gasteiger partial charge is 0.363 e. The molecular weight excluding hydrogens is 409 g/mol. The number of piperazine rings is 1. The number of carbonyl (C=O) groups excluding carboxylic acids is 2. The monoisotopic (exact) mass is 429 g/mol. The number of halogens is 1. The molecule has 2 amide bonds. The molecule has 3 aromatic rings. The van der Waals surface area contributed by atoms with Gasteiger partial charge in [-0.25, -0.2) is 19.3 Å². The Balaban J connectivity index is 1.49. The fraction of sp³-hybridized carbons (Fsp3) is 0.167. The molecule has 2 aliphatic rings. The molecule has 1 fully saturated rings. The Kier molecular flexibility index (Phi) is 5.10. The lowest BCUT2D eigenvalue weighted by Gasteiger charge is -2.36. The summed E-state index contributed by atoms with van der Waals surface area (Å²) in [4.78, 5) is 40.7. The van der Waals surface area contributed by atoms with Gasteiger partial charge in [-0.3, -0.25) is 9.59 Å². The molecule has 1 saturated heterocycles. The van der Waals surface area contributed by atoms with E-state index in [0.29, 0.717) is 54.6 Å². The smallest absolute Gasteiger partial charge is 0.282 e. The Morgan fingerprint density at radius 2 is 1.34 bits per heavy atom. The minimum Gasteiger partial charge on any atom is -0.363 e. The van der Waals surface area contributed by atoms with Crippen LogP contribution >= 0.6 is 0 Å². The maximum atomic E-state index is 13.5. The van der Waals surface area contributed by atoms with E-state index in [0.717, 1.165) is 4.90 Å². The van der Waals surface area contributed by atoms with Gasteiger partial charge in [-0.05, 0) is 35.9 Å². The van der Waals surface area contributed by atoms with Gasteiger partial charge in [0.1, 0.15) is 11.5 Å². The first-order valence-corrected chi connectivity index (χ1v) is 10.3. The number of rotatable bonds is 4. The lowest BCUT2D eigenvalue weighted by molar-refractivity contribution is -0.120. The van der Waals surface area contributed by atoms with Gasteiger partial charge in [0.05, 0.1) is 11.3 Å². The van der Waals surface area contributed by atoms with Gasteiger partial charge in [-0.15, -0.1) is 0 Å². The third-order valence-corrected chi connectivity index (χ3v) is 5.64. The Bertz CT molecular complexity index is 1170.